The van der Waals surface area contributed by atoms with Crippen LogP contribution in [0.2, 0.25) is 0 Å². The third kappa shape index (κ3) is 3.83. The van der Waals surface area contributed by atoms with E-state index in [-0.39, 0.29) is 5.91 Å². The Morgan fingerprint density at radius 1 is 1.14 bits per heavy atom. The molecule has 0 heterocycles. The van der Waals surface area contributed by atoms with Crippen LogP contribution in [0.5, 0.6) is 5.75 Å². The second kappa shape index (κ2) is 7.36. The van der Waals surface area contributed by atoms with Crippen LogP contribution in [0.3, 0.4) is 0 Å². The maximum absolute atomic E-state index is 12.3. The van der Waals surface area contributed by atoms with E-state index in [1.54, 1.807) is 18.7 Å². The zero-order valence-electron chi connectivity index (χ0n) is 13.3. The number of hydrogen-bond donors (Lipinski definition) is 1. The minimum absolute atomic E-state index is 0.151. The lowest BCUT2D eigenvalue weighted by Crippen LogP contribution is -2.30. The smallest absolute Gasteiger partial charge is 0.265 e. The minimum atomic E-state index is -0.560. The number of nitrogens with one attached hydrogen (secondary N) is 1. The van der Waals surface area contributed by atoms with Crippen LogP contribution in [0.1, 0.15) is 18.1 Å². The Kier molecular flexibility index (Phi) is 5.50. The van der Waals surface area contributed by atoms with Gasteiger partial charge in [-0.25, -0.2) is 0 Å². The number of carbonyl (C=O) groups excluding carboxylic acids is 1. The SMILES string of the molecule is CSc1ccccc1NC(=O)C(C)Oc1cccc(C)c1C. The number of hydrogen-bond acceptors (Lipinski definition) is 3. The first-order valence-electron chi connectivity index (χ1n) is 7.19. The Labute approximate surface area is 136 Å². The van der Waals surface area contributed by atoms with E-state index in [0.29, 0.717) is 0 Å². The first-order chi connectivity index (χ1) is 10.5. The van der Waals surface area contributed by atoms with Crippen LogP contribution in [0.4, 0.5) is 5.69 Å². The van der Waals surface area contributed by atoms with Gasteiger partial charge in [0.2, 0.25) is 0 Å². The van der Waals surface area contributed by atoms with Crippen LogP contribution in [0.25, 0.3) is 0 Å². The number of aryl methyl sites for hydroxylation is 1. The van der Waals surface area contributed by atoms with Gasteiger partial charge in [0.15, 0.2) is 6.10 Å². The number of rotatable bonds is 5. The molecule has 2 rings (SSSR count). The van der Waals surface area contributed by atoms with Gasteiger partial charge < -0.3 is 10.1 Å². The molecule has 1 unspecified atom stereocenters. The Hall–Kier alpha value is -1.94. The van der Waals surface area contributed by atoms with Gasteiger partial charge in [-0.3, -0.25) is 4.79 Å². The van der Waals surface area contributed by atoms with Gasteiger partial charge in [-0.15, -0.1) is 11.8 Å². The molecule has 0 aliphatic carbocycles. The summed E-state index contributed by atoms with van der Waals surface area (Å²) >= 11 is 1.60. The molecule has 0 aromatic heterocycles. The van der Waals surface area contributed by atoms with Crippen LogP contribution in [-0.2, 0) is 4.79 Å². The molecule has 3 nitrogen and oxygen atoms in total. The van der Waals surface area contributed by atoms with Crippen molar-refractivity contribution in [2.75, 3.05) is 11.6 Å². The van der Waals surface area contributed by atoms with Crippen molar-refractivity contribution in [3.8, 4) is 5.75 Å². The summed E-state index contributed by atoms with van der Waals surface area (Å²) in [5, 5.41) is 2.93. The largest absolute Gasteiger partial charge is 0.481 e. The summed E-state index contributed by atoms with van der Waals surface area (Å²) in [5.74, 6) is 0.600. The van der Waals surface area contributed by atoms with Crippen molar-refractivity contribution in [3.05, 3.63) is 53.6 Å². The summed E-state index contributed by atoms with van der Waals surface area (Å²) in [6, 6.07) is 13.6. The molecule has 0 fully saturated rings. The number of para-hydroxylation sites is 1. The molecule has 116 valence electrons. The third-order valence-corrected chi connectivity index (χ3v) is 4.39. The van der Waals surface area contributed by atoms with Crippen LogP contribution in [0.15, 0.2) is 47.4 Å². The van der Waals surface area contributed by atoms with Gasteiger partial charge in [0, 0.05) is 4.90 Å². The van der Waals surface area contributed by atoms with Gasteiger partial charge in [0.25, 0.3) is 5.91 Å². The molecule has 1 atom stereocenters. The summed E-state index contributed by atoms with van der Waals surface area (Å²) in [4.78, 5) is 13.4. The second-order valence-corrected chi connectivity index (χ2v) is 6.00. The molecular formula is C18H21NO2S. The number of anilines is 1. The highest BCUT2D eigenvalue weighted by atomic mass is 32.2. The average molecular weight is 315 g/mol. The zero-order valence-corrected chi connectivity index (χ0v) is 14.2. The Balaban J connectivity index is 2.08. The number of carbonyl (C=O) groups is 1. The van der Waals surface area contributed by atoms with E-state index in [0.717, 1.165) is 27.5 Å². The van der Waals surface area contributed by atoms with Crippen molar-refractivity contribution < 1.29 is 9.53 Å². The maximum Gasteiger partial charge on any atom is 0.265 e. The molecule has 2 aromatic carbocycles. The maximum atomic E-state index is 12.3. The van der Waals surface area contributed by atoms with Gasteiger partial charge in [-0.1, -0.05) is 24.3 Å². The van der Waals surface area contributed by atoms with Gasteiger partial charge >= 0.3 is 0 Å². The standard InChI is InChI=1S/C18H21NO2S/c1-12-8-7-10-16(13(12)2)21-14(3)18(20)19-15-9-5-6-11-17(15)22-4/h5-11,14H,1-4H3,(H,19,20). The van der Waals surface area contributed by atoms with Crippen molar-refractivity contribution in [2.45, 2.75) is 31.8 Å². The molecule has 1 N–H and O–H groups in total. The van der Waals surface area contributed by atoms with E-state index in [2.05, 4.69) is 5.32 Å². The van der Waals surface area contributed by atoms with Crippen molar-refractivity contribution in [1.82, 2.24) is 0 Å². The molecule has 0 aliphatic heterocycles. The van der Waals surface area contributed by atoms with Gasteiger partial charge in [0.05, 0.1) is 5.69 Å². The zero-order chi connectivity index (χ0) is 16.1. The quantitative estimate of drug-likeness (QED) is 0.829. The molecular weight excluding hydrogens is 294 g/mol. The van der Waals surface area contributed by atoms with E-state index in [1.807, 2.05) is 62.6 Å². The minimum Gasteiger partial charge on any atom is -0.481 e. The predicted molar refractivity (Wildman–Crippen MR) is 92.9 cm³/mol. The van der Waals surface area contributed by atoms with Crippen LogP contribution >= 0.6 is 11.8 Å². The molecule has 0 bridgehead atoms. The molecule has 4 heteroatoms. The lowest BCUT2D eigenvalue weighted by Gasteiger charge is -2.18. The van der Waals surface area contributed by atoms with Gasteiger partial charge in [0.1, 0.15) is 5.75 Å². The van der Waals surface area contributed by atoms with Gasteiger partial charge in [-0.2, -0.15) is 0 Å². The average Bonchev–Trinajstić information content (AvgIpc) is 2.52. The predicted octanol–water partition coefficient (Wildman–Crippen LogP) is 4.43. The molecule has 2 aromatic rings. The fourth-order valence-electron chi connectivity index (χ4n) is 2.08. The van der Waals surface area contributed by atoms with Crippen molar-refractivity contribution in [3.63, 3.8) is 0 Å². The van der Waals surface area contributed by atoms with Crippen LogP contribution in [0, 0.1) is 13.8 Å². The van der Waals surface area contributed by atoms with E-state index in [1.165, 1.54) is 0 Å². The van der Waals surface area contributed by atoms with E-state index < -0.39 is 6.10 Å². The lowest BCUT2D eigenvalue weighted by atomic mass is 10.1. The molecule has 0 saturated heterocycles. The summed E-state index contributed by atoms with van der Waals surface area (Å²) in [7, 11) is 0. The Morgan fingerprint density at radius 2 is 1.86 bits per heavy atom. The van der Waals surface area contributed by atoms with Crippen molar-refractivity contribution >= 4 is 23.4 Å². The molecule has 0 saturated carbocycles. The van der Waals surface area contributed by atoms with Crippen molar-refractivity contribution in [2.24, 2.45) is 0 Å². The number of ether oxygens (including phenoxy) is 1. The molecule has 22 heavy (non-hydrogen) atoms. The Morgan fingerprint density at radius 3 is 2.59 bits per heavy atom. The fourth-order valence-corrected chi connectivity index (χ4v) is 2.63. The first-order valence-corrected chi connectivity index (χ1v) is 8.42. The number of thioether (sulfide) groups is 1. The van der Waals surface area contributed by atoms with E-state index in [9.17, 15) is 4.79 Å². The van der Waals surface area contributed by atoms with E-state index in [4.69, 9.17) is 4.74 Å². The fraction of sp³-hybridized carbons (Fsp3) is 0.278. The number of benzene rings is 2. The topological polar surface area (TPSA) is 38.3 Å². The summed E-state index contributed by atoms with van der Waals surface area (Å²) in [6.45, 7) is 5.79. The molecule has 1 amide bonds. The normalized spacial score (nSPS) is 11.8. The highest BCUT2D eigenvalue weighted by molar-refractivity contribution is 7.98. The van der Waals surface area contributed by atoms with E-state index >= 15 is 0 Å². The lowest BCUT2D eigenvalue weighted by molar-refractivity contribution is -0.122. The second-order valence-electron chi connectivity index (χ2n) is 5.15. The third-order valence-electron chi connectivity index (χ3n) is 3.59. The van der Waals surface area contributed by atoms with Crippen LogP contribution in [-0.4, -0.2) is 18.3 Å². The van der Waals surface area contributed by atoms with Crippen molar-refractivity contribution in [1.29, 1.82) is 0 Å². The van der Waals surface area contributed by atoms with Crippen LogP contribution < -0.4 is 10.1 Å². The molecule has 0 radical (unpaired) electrons. The van der Waals surface area contributed by atoms with Gasteiger partial charge in [-0.05, 0) is 56.4 Å². The highest BCUT2D eigenvalue weighted by Crippen LogP contribution is 2.25. The molecule has 0 spiro atoms. The number of amides is 1. The Bertz CT molecular complexity index is 670. The first kappa shape index (κ1) is 16.4. The summed E-state index contributed by atoms with van der Waals surface area (Å²) in [5.41, 5.74) is 3.03. The highest BCUT2D eigenvalue weighted by Gasteiger charge is 2.17. The summed E-state index contributed by atoms with van der Waals surface area (Å²) < 4.78 is 5.81. The monoisotopic (exact) mass is 315 g/mol. The molecule has 0 aliphatic rings. The summed E-state index contributed by atoms with van der Waals surface area (Å²) in [6.07, 6.45) is 1.43.